The van der Waals surface area contributed by atoms with E-state index in [4.69, 9.17) is 4.74 Å². The molecule has 2 fully saturated rings. The predicted molar refractivity (Wildman–Crippen MR) is 71.4 cm³/mol. The van der Waals surface area contributed by atoms with E-state index in [0.717, 1.165) is 25.7 Å². The van der Waals surface area contributed by atoms with E-state index in [9.17, 15) is 15.0 Å². The molecule has 0 amide bonds. The van der Waals surface area contributed by atoms with Crippen LogP contribution in [0.25, 0.3) is 0 Å². The zero-order valence-corrected chi connectivity index (χ0v) is 11.5. The number of hydrogen-bond acceptors (Lipinski definition) is 4. The minimum absolute atomic E-state index is 0.0581. The molecule has 0 aromatic rings. The SMILES string of the molecule is CCCCC[C@@H](O)/C=C/[C@@H]1[C@H]2CC(=O)O[C@@H]2C[C@H]1O. The number of unbranched alkanes of at least 4 members (excludes halogenated alkanes) is 2. The first kappa shape index (κ1) is 14.5. The van der Waals surface area contributed by atoms with E-state index in [2.05, 4.69) is 6.92 Å². The highest BCUT2D eigenvalue weighted by Gasteiger charge is 2.48. The lowest BCUT2D eigenvalue weighted by Crippen LogP contribution is -2.18. The van der Waals surface area contributed by atoms with Crippen molar-refractivity contribution in [3.05, 3.63) is 12.2 Å². The lowest BCUT2D eigenvalue weighted by molar-refractivity contribution is -0.141. The van der Waals surface area contributed by atoms with Crippen molar-refractivity contribution in [3.63, 3.8) is 0 Å². The van der Waals surface area contributed by atoms with Crippen LogP contribution in [0.15, 0.2) is 12.2 Å². The molecule has 4 nitrogen and oxygen atoms in total. The third-order valence-electron chi connectivity index (χ3n) is 4.23. The lowest BCUT2D eigenvalue weighted by Gasteiger charge is -2.15. The van der Waals surface area contributed by atoms with Gasteiger partial charge in [-0.2, -0.15) is 0 Å². The summed E-state index contributed by atoms with van der Waals surface area (Å²) in [6, 6.07) is 0. The number of ether oxygens (including phenoxy) is 1. The van der Waals surface area contributed by atoms with Crippen molar-refractivity contribution in [1.29, 1.82) is 0 Å². The zero-order valence-electron chi connectivity index (χ0n) is 11.5. The van der Waals surface area contributed by atoms with Crippen molar-refractivity contribution in [3.8, 4) is 0 Å². The molecular weight excluding hydrogens is 244 g/mol. The molecule has 0 radical (unpaired) electrons. The van der Waals surface area contributed by atoms with Crippen LogP contribution in [-0.2, 0) is 9.53 Å². The molecule has 2 rings (SSSR count). The van der Waals surface area contributed by atoms with Crippen molar-refractivity contribution in [2.75, 3.05) is 0 Å². The summed E-state index contributed by atoms with van der Waals surface area (Å²) in [5.74, 6) is -0.136. The molecule has 1 heterocycles. The third kappa shape index (κ3) is 3.57. The molecule has 5 atom stereocenters. The normalized spacial score (nSPS) is 35.6. The van der Waals surface area contributed by atoms with Crippen molar-refractivity contribution in [2.45, 2.75) is 63.8 Å². The second-order valence-corrected chi connectivity index (χ2v) is 5.72. The molecule has 108 valence electrons. The molecule has 19 heavy (non-hydrogen) atoms. The standard InChI is InChI=1S/C15H24O4/c1-2-3-4-5-10(16)6-7-11-12-8-15(18)19-14(12)9-13(11)17/h6-7,10-14,16-17H,2-5,8-9H2,1H3/b7-6+/t10-,11-,12-,13-,14-/m1/s1. The van der Waals surface area contributed by atoms with Crippen molar-refractivity contribution in [1.82, 2.24) is 0 Å². The molecule has 1 saturated carbocycles. The van der Waals surface area contributed by atoms with Crippen molar-refractivity contribution < 1.29 is 19.7 Å². The van der Waals surface area contributed by atoms with Gasteiger partial charge in [-0.15, -0.1) is 0 Å². The summed E-state index contributed by atoms with van der Waals surface area (Å²) in [5.41, 5.74) is 0. The molecule has 0 aromatic carbocycles. The van der Waals surface area contributed by atoms with E-state index in [-0.39, 0.29) is 23.9 Å². The van der Waals surface area contributed by atoms with Gasteiger partial charge in [-0.05, 0) is 6.42 Å². The topological polar surface area (TPSA) is 66.8 Å². The van der Waals surface area contributed by atoms with Crippen LogP contribution in [0.2, 0.25) is 0 Å². The molecule has 0 bridgehead atoms. The summed E-state index contributed by atoms with van der Waals surface area (Å²) in [6.07, 6.45) is 7.58. The molecule has 4 heteroatoms. The molecule has 0 unspecified atom stereocenters. The van der Waals surface area contributed by atoms with Crippen molar-refractivity contribution >= 4 is 5.97 Å². The Morgan fingerprint density at radius 2 is 2.26 bits per heavy atom. The highest BCUT2D eigenvalue weighted by molar-refractivity contribution is 5.72. The van der Waals surface area contributed by atoms with Gasteiger partial charge in [0, 0.05) is 18.3 Å². The molecule has 1 aliphatic heterocycles. The number of hydrogen-bond donors (Lipinski definition) is 2. The van der Waals surface area contributed by atoms with Gasteiger partial charge < -0.3 is 14.9 Å². The first-order chi connectivity index (χ1) is 9.11. The molecule has 1 aliphatic carbocycles. The Labute approximate surface area is 114 Å². The first-order valence-electron chi connectivity index (χ1n) is 7.35. The van der Waals surface area contributed by atoms with Gasteiger partial charge in [0.25, 0.3) is 0 Å². The summed E-state index contributed by atoms with van der Waals surface area (Å²) in [5, 5.41) is 19.8. The fraction of sp³-hybridized carbons (Fsp3) is 0.800. The van der Waals surface area contributed by atoms with E-state index in [1.807, 2.05) is 6.08 Å². The van der Waals surface area contributed by atoms with Gasteiger partial charge in [0.05, 0.1) is 18.6 Å². The summed E-state index contributed by atoms with van der Waals surface area (Å²) in [6.45, 7) is 2.13. The Balaban J connectivity index is 1.85. The number of esters is 1. The highest BCUT2D eigenvalue weighted by Crippen LogP contribution is 2.42. The fourth-order valence-corrected chi connectivity index (χ4v) is 3.14. The van der Waals surface area contributed by atoms with E-state index < -0.39 is 12.2 Å². The quantitative estimate of drug-likeness (QED) is 0.438. The van der Waals surface area contributed by atoms with Gasteiger partial charge in [-0.1, -0.05) is 38.3 Å². The highest BCUT2D eigenvalue weighted by atomic mass is 16.6. The maximum atomic E-state index is 11.2. The number of carbonyl (C=O) groups is 1. The van der Waals surface area contributed by atoms with Crippen LogP contribution in [0.5, 0.6) is 0 Å². The molecule has 0 aromatic heterocycles. The van der Waals surface area contributed by atoms with Gasteiger partial charge >= 0.3 is 5.97 Å². The lowest BCUT2D eigenvalue weighted by atomic mass is 9.91. The molecule has 0 spiro atoms. The molecular formula is C15H24O4. The summed E-state index contributed by atoms with van der Waals surface area (Å²) in [7, 11) is 0. The van der Waals surface area contributed by atoms with E-state index in [0.29, 0.717) is 12.8 Å². The van der Waals surface area contributed by atoms with Crippen LogP contribution >= 0.6 is 0 Å². The summed E-state index contributed by atoms with van der Waals surface area (Å²) in [4.78, 5) is 11.2. The second kappa shape index (κ2) is 6.53. The van der Waals surface area contributed by atoms with Gasteiger partial charge in [0.2, 0.25) is 0 Å². The first-order valence-corrected chi connectivity index (χ1v) is 7.35. The Kier molecular flexibility index (Phi) is 4.99. The summed E-state index contributed by atoms with van der Waals surface area (Å²) < 4.78 is 5.18. The van der Waals surface area contributed by atoms with Crippen LogP contribution in [0, 0.1) is 11.8 Å². The maximum Gasteiger partial charge on any atom is 0.306 e. The average molecular weight is 268 g/mol. The van der Waals surface area contributed by atoms with Gasteiger partial charge in [-0.25, -0.2) is 0 Å². The third-order valence-corrected chi connectivity index (χ3v) is 4.23. The van der Waals surface area contributed by atoms with E-state index in [1.165, 1.54) is 0 Å². The Morgan fingerprint density at radius 1 is 1.47 bits per heavy atom. The summed E-state index contributed by atoms with van der Waals surface area (Å²) >= 11 is 0. The van der Waals surface area contributed by atoms with Crippen LogP contribution in [0.3, 0.4) is 0 Å². The van der Waals surface area contributed by atoms with E-state index >= 15 is 0 Å². The largest absolute Gasteiger partial charge is 0.462 e. The number of aliphatic hydroxyl groups is 2. The number of fused-ring (bicyclic) bond motifs is 1. The van der Waals surface area contributed by atoms with Crippen LogP contribution in [-0.4, -0.2) is 34.5 Å². The van der Waals surface area contributed by atoms with E-state index in [1.54, 1.807) is 6.08 Å². The fourth-order valence-electron chi connectivity index (χ4n) is 3.14. The average Bonchev–Trinajstić information content (AvgIpc) is 2.82. The smallest absolute Gasteiger partial charge is 0.306 e. The maximum absolute atomic E-state index is 11.2. The Morgan fingerprint density at radius 3 is 3.00 bits per heavy atom. The van der Waals surface area contributed by atoms with Crippen molar-refractivity contribution in [2.24, 2.45) is 11.8 Å². The number of rotatable bonds is 6. The molecule has 2 aliphatic rings. The van der Waals surface area contributed by atoms with Gasteiger partial charge in [-0.3, -0.25) is 4.79 Å². The predicted octanol–water partition coefficient (Wildman–Crippen LogP) is 1.80. The minimum atomic E-state index is -0.456. The minimum Gasteiger partial charge on any atom is -0.462 e. The Bertz CT molecular complexity index is 339. The van der Waals surface area contributed by atoms with Crippen LogP contribution < -0.4 is 0 Å². The Hall–Kier alpha value is -0.870. The number of aliphatic hydroxyl groups excluding tert-OH is 2. The second-order valence-electron chi connectivity index (χ2n) is 5.72. The molecule has 2 N–H and O–H groups in total. The zero-order chi connectivity index (χ0) is 13.8. The van der Waals surface area contributed by atoms with Crippen LogP contribution in [0.1, 0.15) is 45.4 Å². The van der Waals surface area contributed by atoms with Gasteiger partial charge in [0.1, 0.15) is 6.10 Å². The van der Waals surface area contributed by atoms with Gasteiger partial charge in [0.15, 0.2) is 0 Å². The van der Waals surface area contributed by atoms with Crippen LogP contribution in [0.4, 0.5) is 0 Å². The monoisotopic (exact) mass is 268 g/mol. The molecule has 1 saturated heterocycles. The number of carbonyl (C=O) groups excluding carboxylic acids is 1.